The molecule has 0 aliphatic heterocycles. The van der Waals surface area contributed by atoms with Gasteiger partial charge in [0, 0.05) is 59.1 Å². The third-order valence-electron chi connectivity index (χ3n) is 9.63. The van der Waals surface area contributed by atoms with Gasteiger partial charge in [0.25, 0.3) is 0 Å². The van der Waals surface area contributed by atoms with E-state index in [-0.39, 0.29) is 36.7 Å². The summed E-state index contributed by atoms with van der Waals surface area (Å²) in [6, 6.07) is 17.1. The number of carbonyl (C=O) groups is 2. The standard InChI is InChI=1S/C44H52F2N6O4/c1-43(2,3)35-21-27(23-49-41(55)51-33-15-11-31(45)12-16-33)19-29(39(35)53)25-47-37-9-7-8-10-38(37)48-26-30-20-28(22-36(40(30)54)44(4,5)6)24-50-42(56)52-34-17-13-32(46)14-18-34/h11-22,25-26,37-38,53-54H,7-10,23-24H2,1-6H3,(H2,49,51,55)(H2,50,52,56)/t37-,38-/m1/s1. The minimum absolute atomic E-state index is 0.119. The molecule has 1 aliphatic carbocycles. The summed E-state index contributed by atoms with van der Waals surface area (Å²) >= 11 is 0. The molecule has 12 heteroatoms. The molecule has 0 radical (unpaired) electrons. The van der Waals surface area contributed by atoms with E-state index in [1.807, 2.05) is 53.7 Å². The van der Waals surface area contributed by atoms with Crippen LogP contribution in [-0.4, -0.2) is 46.8 Å². The van der Waals surface area contributed by atoms with Crippen molar-refractivity contribution in [2.24, 2.45) is 9.98 Å². The van der Waals surface area contributed by atoms with E-state index in [0.29, 0.717) is 33.6 Å². The third kappa shape index (κ3) is 11.4. The van der Waals surface area contributed by atoms with Crippen LogP contribution in [-0.2, 0) is 23.9 Å². The number of aliphatic imine (C=N–C) groups is 2. The fraction of sp³-hybridized carbons (Fsp3) is 0.364. The molecule has 6 N–H and O–H groups in total. The lowest BCUT2D eigenvalue weighted by molar-refractivity contribution is 0.251. The van der Waals surface area contributed by atoms with Crippen molar-refractivity contribution < 1.29 is 28.6 Å². The van der Waals surface area contributed by atoms with Gasteiger partial charge in [-0.15, -0.1) is 0 Å². The minimum Gasteiger partial charge on any atom is -0.507 e. The summed E-state index contributed by atoms with van der Waals surface area (Å²) in [6.45, 7) is 12.4. The second kappa shape index (κ2) is 17.8. The Bertz CT molecular complexity index is 1920. The molecular formula is C44H52F2N6O4. The van der Waals surface area contributed by atoms with Crippen LogP contribution in [0, 0.1) is 11.6 Å². The Kier molecular flexibility index (Phi) is 13.1. The zero-order chi connectivity index (χ0) is 40.6. The summed E-state index contributed by atoms with van der Waals surface area (Å²) < 4.78 is 26.6. The Labute approximate surface area is 327 Å². The number of phenols is 2. The normalized spacial score (nSPS) is 16.2. The number of anilines is 2. The molecule has 1 fully saturated rings. The van der Waals surface area contributed by atoms with Gasteiger partial charge in [-0.1, -0.05) is 54.4 Å². The van der Waals surface area contributed by atoms with Crippen LogP contribution in [0.25, 0.3) is 0 Å². The zero-order valence-electron chi connectivity index (χ0n) is 32.8. The largest absolute Gasteiger partial charge is 0.507 e. The lowest BCUT2D eigenvalue weighted by Crippen LogP contribution is -2.28. The van der Waals surface area contributed by atoms with Crippen LogP contribution < -0.4 is 21.3 Å². The monoisotopic (exact) mass is 766 g/mol. The van der Waals surface area contributed by atoms with E-state index in [1.165, 1.54) is 48.5 Å². The minimum atomic E-state index is -0.449. The van der Waals surface area contributed by atoms with E-state index in [0.717, 1.165) is 36.8 Å². The number of benzene rings is 4. The molecule has 296 valence electrons. The second-order valence-corrected chi connectivity index (χ2v) is 16.3. The van der Waals surface area contributed by atoms with E-state index in [2.05, 4.69) is 21.3 Å². The van der Waals surface area contributed by atoms with Crippen LogP contribution in [0.5, 0.6) is 11.5 Å². The highest BCUT2D eigenvalue weighted by Gasteiger charge is 2.26. The van der Waals surface area contributed by atoms with Crippen molar-refractivity contribution in [2.75, 3.05) is 10.6 Å². The van der Waals surface area contributed by atoms with Gasteiger partial charge >= 0.3 is 12.1 Å². The Morgan fingerprint density at radius 3 is 1.34 bits per heavy atom. The molecule has 0 saturated heterocycles. The number of aromatic hydroxyl groups is 2. The number of hydrogen-bond donors (Lipinski definition) is 6. The zero-order valence-corrected chi connectivity index (χ0v) is 32.8. The van der Waals surface area contributed by atoms with Crippen molar-refractivity contribution >= 4 is 35.9 Å². The molecule has 0 heterocycles. The number of halogens is 2. The van der Waals surface area contributed by atoms with Crippen molar-refractivity contribution in [3.8, 4) is 11.5 Å². The van der Waals surface area contributed by atoms with E-state index in [4.69, 9.17) is 9.98 Å². The molecule has 4 aromatic rings. The Morgan fingerprint density at radius 2 is 1.00 bits per heavy atom. The van der Waals surface area contributed by atoms with Crippen molar-refractivity contribution in [3.63, 3.8) is 0 Å². The highest BCUT2D eigenvalue weighted by Crippen LogP contribution is 2.36. The van der Waals surface area contributed by atoms with Crippen LogP contribution in [0.4, 0.5) is 29.7 Å². The lowest BCUT2D eigenvalue weighted by Gasteiger charge is -2.26. The molecule has 0 spiro atoms. The predicted molar refractivity (Wildman–Crippen MR) is 219 cm³/mol. The van der Waals surface area contributed by atoms with E-state index >= 15 is 0 Å². The number of rotatable bonds is 10. The molecule has 56 heavy (non-hydrogen) atoms. The Hall–Kier alpha value is -5.78. The van der Waals surface area contributed by atoms with E-state index in [1.54, 1.807) is 24.6 Å². The van der Waals surface area contributed by atoms with Crippen LogP contribution in [0.2, 0.25) is 0 Å². The first-order valence-electron chi connectivity index (χ1n) is 18.9. The molecule has 5 rings (SSSR count). The molecule has 4 aromatic carbocycles. The first-order chi connectivity index (χ1) is 26.5. The fourth-order valence-electron chi connectivity index (χ4n) is 6.56. The van der Waals surface area contributed by atoms with Gasteiger partial charge in [-0.2, -0.15) is 0 Å². The van der Waals surface area contributed by atoms with Gasteiger partial charge in [0.05, 0.1) is 12.1 Å². The van der Waals surface area contributed by atoms with Crippen LogP contribution in [0.1, 0.15) is 101 Å². The number of nitrogens with one attached hydrogen (secondary N) is 4. The molecule has 10 nitrogen and oxygen atoms in total. The van der Waals surface area contributed by atoms with Gasteiger partial charge in [0.2, 0.25) is 0 Å². The van der Waals surface area contributed by atoms with Gasteiger partial charge in [-0.05, 0) is 108 Å². The quantitative estimate of drug-likeness (QED) is 0.0893. The molecule has 2 atom stereocenters. The maximum atomic E-state index is 13.3. The number of urea groups is 2. The van der Waals surface area contributed by atoms with Crippen molar-refractivity contribution in [1.82, 2.24) is 10.6 Å². The van der Waals surface area contributed by atoms with Gasteiger partial charge in [0.15, 0.2) is 0 Å². The van der Waals surface area contributed by atoms with Crippen LogP contribution >= 0.6 is 0 Å². The summed E-state index contributed by atoms with van der Waals surface area (Å²) in [6.07, 6.45) is 6.90. The topological polar surface area (TPSA) is 147 Å². The fourth-order valence-corrected chi connectivity index (χ4v) is 6.56. The third-order valence-corrected chi connectivity index (χ3v) is 9.63. The highest BCUT2D eigenvalue weighted by atomic mass is 19.1. The van der Waals surface area contributed by atoms with Gasteiger partial charge < -0.3 is 31.5 Å². The van der Waals surface area contributed by atoms with E-state index in [9.17, 15) is 28.6 Å². The van der Waals surface area contributed by atoms with Crippen LogP contribution in [0.15, 0.2) is 82.8 Å². The lowest BCUT2D eigenvalue weighted by atomic mass is 9.84. The molecule has 0 aromatic heterocycles. The Morgan fingerprint density at radius 1 is 0.643 bits per heavy atom. The average molecular weight is 767 g/mol. The number of hydrogen-bond acceptors (Lipinski definition) is 6. The van der Waals surface area contributed by atoms with Gasteiger partial charge in [-0.3, -0.25) is 9.98 Å². The molecular weight excluding hydrogens is 715 g/mol. The number of amides is 4. The van der Waals surface area contributed by atoms with Gasteiger partial charge in [-0.25, -0.2) is 18.4 Å². The first-order valence-corrected chi connectivity index (χ1v) is 18.9. The Balaban J connectivity index is 1.33. The molecule has 4 amide bonds. The van der Waals surface area contributed by atoms with Gasteiger partial charge in [0.1, 0.15) is 23.1 Å². The van der Waals surface area contributed by atoms with Crippen molar-refractivity contribution in [2.45, 2.75) is 103 Å². The maximum Gasteiger partial charge on any atom is 0.319 e. The SMILES string of the molecule is CC(C)(C)c1cc(CNC(=O)Nc2ccc(F)cc2)cc(C=N[C@@H]2CCCC[C@H]2N=Cc2cc(CNC(=O)Nc3ccc(F)cc3)cc(C(C)(C)C)c2O)c1O. The molecule has 1 saturated carbocycles. The average Bonchev–Trinajstić information content (AvgIpc) is 3.14. The van der Waals surface area contributed by atoms with Crippen LogP contribution in [0.3, 0.4) is 0 Å². The highest BCUT2D eigenvalue weighted by molar-refractivity contribution is 5.90. The first kappa shape index (κ1) is 41.4. The summed E-state index contributed by atoms with van der Waals surface area (Å²) in [5.41, 5.74) is 4.13. The summed E-state index contributed by atoms with van der Waals surface area (Å²) in [5.74, 6) is -0.553. The second-order valence-electron chi connectivity index (χ2n) is 16.3. The number of nitrogens with zero attached hydrogens (tertiary/aromatic N) is 2. The molecule has 0 unspecified atom stereocenters. The molecule has 0 bridgehead atoms. The molecule has 1 aliphatic rings. The summed E-state index contributed by atoms with van der Waals surface area (Å²) in [4.78, 5) is 35.1. The summed E-state index contributed by atoms with van der Waals surface area (Å²) in [5, 5.41) is 33.8. The predicted octanol–water partition coefficient (Wildman–Crippen LogP) is 9.46. The number of carbonyl (C=O) groups excluding carboxylic acids is 2. The maximum absolute atomic E-state index is 13.3. The van der Waals surface area contributed by atoms with Crippen molar-refractivity contribution in [3.05, 3.63) is 118 Å². The van der Waals surface area contributed by atoms with Crippen molar-refractivity contribution in [1.29, 1.82) is 0 Å². The number of phenolic OH excluding ortho intramolecular Hbond substituents is 2. The summed E-state index contributed by atoms with van der Waals surface area (Å²) in [7, 11) is 0. The van der Waals surface area contributed by atoms with E-state index < -0.39 is 34.5 Å². The smallest absolute Gasteiger partial charge is 0.319 e.